The normalized spacial score (nSPS) is 10.8. The van der Waals surface area contributed by atoms with E-state index in [0.29, 0.717) is 27.1 Å². The number of methoxy groups -OCH3 is 3. The van der Waals surface area contributed by atoms with Gasteiger partial charge in [0.15, 0.2) is 0 Å². The number of carboxylic acids is 1. The van der Waals surface area contributed by atoms with Gasteiger partial charge in [-0.25, -0.2) is 4.79 Å². The fourth-order valence-electron chi connectivity index (χ4n) is 3.23. The van der Waals surface area contributed by atoms with Crippen LogP contribution >= 0.6 is 15.9 Å². The van der Waals surface area contributed by atoms with Gasteiger partial charge < -0.3 is 30.0 Å². The van der Waals surface area contributed by atoms with Crippen LogP contribution in [0.1, 0.15) is 26.3 Å². The Morgan fingerprint density at radius 2 is 1.58 bits per heavy atom. The number of amides is 2. The Hall–Kier alpha value is -4.31. The van der Waals surface area contributed by atoms with Gasteiger partial charge in [0, 0.05) is 10.0 Å². The molecule has 0 heterocycles. The summed E-state index contributed by atoms with van der Waals surface area (Å²) >= 11 is 3.34. The average molecular weight is 555 g/mol. The van der Waals surface area contributed by atoms with Crippen LogP contribution in [-0.4, -0.2) is 44.2 Å². The van der Waals surface area contributed by atoms with Crippen molar-refractivity contribution in [2.45, 2.75) is 0 Å². The van der Waals surface area contributed by atoms with Crippen LogP contribution in [0, 0.1) is 0 Å². The first-order valence-corrected chi connectivity index (χ1v) is 11.3. The lowest BCUT2D eigenvalue weighted by molar-refractivity contribution is -0.113. The second kappa shape index (κ2) is 11.9. The molecule has 0 aliphatic heterocycles. The predicted molar refractivity (Wildman–Crippen MR) is 138 cm³/mol. The maximum atomic E-state index is 13.4. The van der Waals surface area contributed by atoms with Gasteiger partial charge in [0.1, 0.15) is 22.9 Å². The molecule has 3 N–H and O–H groups in total. The Labute approximate surface area is 215 Å². The zero-order valence-electron chi connectivity index (χ0n) is 19.6. The molecule has 3 rings (SSSR count). The number of aromatic carboxylic acids is 1. The summed E-state index contributed by atoms with van der Waals surface area (Å²) in [7, 11) is 4.36. The topological polar surface area (TPSA) is 123 Å². The third kappa shape index (κ3) is 6.22. The second-order valence-corrected chi connectivity index (χ2v) is 8.13. The van der Waals surface area contributed by atoms with Crippen LogP contribution < -0.4 is 24.8 Å². The number of rotatable bonds is 9. The summed E-state index contributed by atoms with van der Waals surface area (Å²) in [5.41, 5.74) is 0.689. The number of carboxylic acid groups (broad SMARTS) is 1. The van der Waals surface area contributed by atoms with Crippen LogP contribution in [0.2, 0.25) is 0 Å². The van der Waals surface area contributed by atoms with Gasteiger partial charge in [-0.2, -0.15) is 0 Å². The second-order valence-electron chi connectivity index (χ2n) is 7.27. The SMILES string of the molecule is COc1ccc(OC)c(/C=C(/NC(=O)c2ccccc2Br)C(=O)Nc2cc(C(=O)O)ccc2OC)c1. The molecule has 2 amide bonds. The first-order chi connectivity index (χ1) is 17.3. The van der Waals surface area contributed by atoms with Crippen molar-refractivity contribution >= 4 is 45.5 Å². The zero-order valence-corrected chi connectivity index (χ0v) is 21.2. The molecule has 36 heavy (non-hydrogen) atoms. The Kier molecular flexibility index (Phi) is 8.69. The lowest BCUT2D eigenvalue weighted by Gasteiger charge is -2.15. The van der Waals surface area contributed by atoms with Gasteiger partial charge in [0.2, 0.25) is 0 Å². The van der Waals surface area contributed by atoms with E-state index in [0.717, 1.165) is 0 Å². The summed E-state index contributed by atoms with van der Waals surface area (Å²) in [4.78, 5) is 37.9. The van der Waals surface area contributed by atoms with Gasteiger partial charge >= 0.3 is 5.97 Å². The quantitative estimate of drug-likeness (QED) is 0.330. The number of anilines is 1. The summed E-state index contributed by atoms with van der Waals surface area (Å²) in [6.07, 6.45) is 1.43. The molecule has 0 saturated carbocycles. The minimum atomic E-state index is -1.17. The molecule has 3 aromatic rings. The van der Waals surface area contributed by atoms with E-state index in [1.165, 1.54) is 45.6 Å². The summed E-state index contributed by atoms with van der Waals surface area (Å²) < 4.78 is 16.5. The number of benzene rings is 3. The molecule has 0 bridgehead atoms. The van der Waals surface area contributed by atoms with Gasteiger partial charge in [0.05, 0.1) is 38.1 Å². The molecule has 186 valence electrons. The minimum absolute atomic E-state index is 0.0525. The first kappa shape index (κ1) is 26.3. The molecule has 10 heteroatoms. The smallest absolute Gasteiger partial charge is 0.335 e. The predicted octanol–water partition coefficient (Wildman–Crippen LogP) is 4.58. The third-order valence-corrected chi connectivity index (χ3v) is 5.73. The van der Waals surface area contributed by atoms with Gasteiger partial charge in [-0.05, 0) is 70.5 Å². The number of hydrogen-bond donors (Lipinski definition) is 3. The fourth-order valence-corrected chi connectivity index (χ4v) is 3.69. The molecule has 0 atom stereocenters. The largest absolute Gasteiger partial charge is 0.497 e. The highest BCUT2D eigenvalue weighted by Crippen LogP contribution is 2.28. The fraction of sp³-hybridized carbons (Fsp3) is 0.115. The third-order valence-electron chi connectivity index (χ3n) is 5.04. The highest BCUT2D eigenvalue weighted by molar-refractivity contribution is 9.10. The van der Waals surface area contributed by atoms with Crippen molar-refractivity contribution in [3.63, 3.8) is 0 Å². The molecule has 0 aromatic heterocycles. The van der Waals surface area contributed by atoms with E-state index in [4.69, 9.17) is 14.2 Å². The van der Waals surface area contributed by atoms with Crippen molar-refractivity contribution in [3.05, 3.63) is 87.5 Å². The van der Waals surface area contributed by atoms with Crippen molar-refractivity contribution in [2.75, 3.05) is 26.6 Å². The highest BCUT2D eigenvalue weighted by atomic mass is 79.9. The standard InChI is InChI=1S/C26H23BrN2O7/c1-34-17-9-11-22(35-2)16(12-17)14-21(29-24(30)18-6-4-5-7-19(18)27)25(31)28-20-13-15(26(32)33)8-10-23(20)36-3/h4-14H,1-3H3,(H,28,31)(H,29,30)(H,32,33)/b21-14+. The molecule has 0 fully saturated rings. The number of carbonyl (C=O) groups excluding carboxylic acids is 2. The number of hydrogen-bond acceptors (Lipinski definition) is 6. The summed E-state index contributed by atoms with van der Waals surface area (Å²) in [6.45, 7) is 0. The van der Waals surface area contributed by atoms with Crippen molar-refractivity contribution in [1.29, 1.82) is 0 Å². The Balaban J connectivity index is 2.06. The number of carbonyl (C=O) groups is 3. The number of nitrogens with one attached hydrogen (secondary N) is 2. The summed E-state index contributed by atoms with van der Waals surface area (Å²) in [6, 6.07) is 15.8. The van der Waals surface area contributed by atoms with Gasteiger partial charge in [-0.1, -0.05) is 12.1 Å². The van der Waals surface area contributed by atoms with Crippen LogP contribution in [0.25, 0.3) is 6.08 Å². The van der Waals surface area contributed by atoms with Crippen molar-refractivity contribution in [3.8, 4) is 17.2 Å². The Morgan fingerprint density at radius 1 is 0.889 bits per heavy atom. The van der Waals surface area contributed by atoms with Crippen LogP contribution in [0.15, 0.2) is 70.8 Å². The molecule has 0 radical (unpaired) electrons. The van der Waals surface area contributed by atoms with Crippen LogP contribution in [-0.2, 0) is 4.79 Å². The van der Waals surface area contributed by atoms with Crippen molar-refractivity contribution in [2.24, 2.45) is 0 Å². The molecule has 0 aliphatic rings. The van der Waals surface area contributed by atoms with E-state index < -0.39 is 17.8 Å². The number of halogens is 1. The minimum Gasteiger partial charge on any atom is -0.497 e. The van der Waals surface area contributed by atoms with Gasteiger partial charge in [0.25, 0.3) is 11.8 Å². The van der Waals surface area contributed by atoms with E-state index in [-0.39, 0.29) is 22.7 Å². The zero-order chi connectivity index (χ0) is 26.2. The van der Waals surface area contributed by atoms with Crippen LogP contribution in [0.4, 0.5) is 5.69 Å². The van der Waals surface area contributed by atoms with Gasteiger partial charge in [-0.3, -0.25) is 9.59 Å². The van der Waals surface area contributed by atoms with Gasteiger partial charge in [-0.15, -0.1) is 0 Å². The van der Waals surface area contributed by atoms with E-state index >= 15 is 0 Å². The molecule has 0 aliphatic carbocycles. The van der Waals surface area contributed by atoms with Crippen LogP contribution in [0.5, 0.6) is 17.2 Å². The maximum Gasteiger partial charge on any atom is 0.335 e. The molecule has 0 saturated heterocycles. The first-order valence-electron chi connectivity index (χ1n) is 10.5. The summed E-state index contributed by atoms with van der Waals surface area (Å²) in [5, 5.41) is 14.6. The van der Waals surface area contributed by atoms with Crippen molar-refractivity contribution < 1.29 is 33.7 Å². The Bertz CT molecular complexity index is 1340. The average Bonchev–Trinajstić information content (AvgIpc) is 2.88. The monoisotopic (exact) mass is 554 g/mol. The molecule has 0 unspecified atom stereocenters. The maximum absolute atomic E-state index is 13.4. The molecular formula is C26H23BrN2O7. The molecule has 0 spiro atoms. The van der Waals surface area contributed by atoms with Crippen molar-refractivity contribution in [1.82, 2.24) is 5.32 Å². The highest BCUT2D eigenvalue weighted by Gasteiger charge is 2.20. The molecule has 9 nitrogen and oxygen atoms in total. The molecule has 3 aromatic carbocycles. The lowest BCUT2D eigenvalue weighted by atomic mass is 10.1. The number of ether oxygens (including phenoxy) is 3. The van der Waals surface area contributed by atoms with E-state index in [1.807, 2.05) is 0 Å². The molecular weight excluding hydrogens is 532 g/mol. The Morgan fingerprint density at radius 3 is 2.22 bits per heavy atom. The van der Waals surface area contributed by atoms with E-state index in [9.17, 15) is 19.5 Å². The summed E-state index contributed by atoms with van der Waals surface area (Å²) in [5.74, 6) is -1.26. The van der Waals surface area contributed by atoms with E-state index in [1.54, 1.807) is 42.5 Å². The van der Waals surface area contributed by atoms with E-state index in [2.05, 4.69) is 26.6 Å². The lowest BCUT2D eigenvalue weighted by Crippen LogP contribution is -2.31. The van der Waals surface area contributed by atoms with Crippen LogP contribution in [0.3, 0.4) is 0 Å².